The molecule has 1 aromatic carbocycles. The van der Waals surface area contributed by atoms with Gasteiger partial charge in [0.05, 0.1) is 11.9 Å². The smallest absolute Gasteiger partial charge is 0.220 e. The highest BCUT2D eigenvalue weighted by Gasteiger charge is 2.34. The SMILES string of the molecule is C=Cc1cc(Cl)ccc1-n1cc(C(F)(F)F)nn1. The Morgan fingerprint density at radius 3 is 2.61 bits per heavy atom. The van der Waals surface area contributed by atoms with Gasteiger partial charge in [0.15, 0.2) is 5.69 Å². The lowest BCUT2D eigenvalue weighted by Crippen LogP contribution is -2.05. The van der Waals surface area contributed by atoms with Crippen molar-refractivity contribution < 1.29 is 13.2 Å². The van der Waals surface area contributed by atoms with Crippen LogP contribution in [0.15, 0.2) is 31.0 Å². The molecule has 0 atom stereocenters. The van der Waals surface area contributed by atoms with Crippen molar-refractivity contribution in [2.45, 2.75) is 6.18 Å². The predicted molar refractivity (Wildman–Crippen MR) is 61.5 cm³/mol. The number of hydrogen-bond donors (Lipinski definition) is 0. The molecule has 0 radical (unpaired) electrons. The maximum atomic E-state index is 12.4. The molecule has 1 aromatic heterocycles. The molecule has 0 saturated carbocycles. The fourth-order valence-electron chi connectivity index (χ4n) is 1.41. The summed E-state index contributed by atoms with van der Waals surface area (Å²) < 4.78 is 38.3. The summed E-state index contributed by atoms with van der Waals surface area (Å²) in [6.07, 6.45) is -2.22. The van der Waals surface area contributed by atoms with Crippen molar-refractivity contribution in [1.82, 2.24) is 15.0 Å². The van der Waals surface area contributed by atoms with Gasteiger partial charge in [-0.1, -0.05) is 29.5 Å². The van der Waals surface area contributed by atoms with Crippen LogP contribution in [-0.2, 0) is 6.18 Å². The van der Waals surface area contributed by atoms with Crippen LogP contribution >= 0.6 is 11.6 Å². The normalized spacial score (nSPS) is 11.6. The first-order chi connectivity index (χ1) is 8.41. The lowest BCUT2D eigenvalue weighted by Gasteiger charge is -2.05. The molecule has 2 aromatic rings. The Morgan fingerprint density at radius 1 is 1.33 bits per heavy atom. The fourth-order valence-corrected chi connectivity index (χ4v) is 1.59. The van der Waals surface area contributed by atoms with Crippen LogP contribution in [0, 0.1) is 0 Å². The van der Waals surface area contributed by atoms with Crippen LogP contribution in [-0.4, -0.2) is 15.0 Å². The maximum Gasteiger partial charge on any atom is 0.436 e. The van der Waals surface area contributed by atoms with E-state index in [-0.39, 0.29) is 0 Å². The molecule has 0 amide bonds. The minimum Gasteiger partial charge on any atom is -0.220 e. The number of benzene rings is 1. The first-order valence-electron chi connectivity index (χ1n) is 4.83. The van der Waals surface area contributed by atoms with Gasteiger partial charge in [0.25, 0.3) is 0 Å². The zero-order valence-corrected chi connectivity index (χ0v) is 9.70. The van der Waals surface area contributed by atoms with Crippen molar-refractivity contribution in [1.29, 1.82) is 0 Å². The topological polar surface area (TPSA) is 30.7 Å². The standard InChI is InChI=1S/C11H7ClF3N3/c1-2-7-5-8(12)3-4-9(7)18-6-10(16-17-18)11(13,14)15/h2-6H,1H2. The minimum atomic E-state index is -4.51. The van der Waals surface area contributed by atoms with Gasteiger partial charge in [-0.2, -0.15) is 13.2 Å². The van der Waals surface area contributed by atoms with Gasteiger partial charge in [0.2, 0.25) is 0 Å². The minimum absolute atomic E-state index is 0.428. The van der Waals surface area contributed by atoms with Crippen molar-refractivity contribution in [3.63, 3.8) is 0 Å². The number of aromatic nitrogens is 3. The number of rotatable bonds is 2. The molecule has 0 bridgehead atoms. The van der Waals surface area contributed by atoms with Crippen LogP contribution in [0.4, 0.5) is 13.2 Å². The first-order valence-corrected chi connectivity index (χ1v) is 5.21. The molecule has 0 aliphatic heterocycles. The molecule has 0 saturated heterocycles. The third-order valence-corrected chi connectivity index (χ3v) is 2.48. The molecule has 0 unspecified atom stereocenters. The summed E-state index contributed by atoms with van der Waals surface area (Å²) in [6.45, 7) is 3.57. The van der Waals surface area contributed by atoms with E-state index in [1.165, 1.54) is 6.08 Å². The Labute approximate surface area is 105 Å². The van der Waals surface area contributed by atoms with Crippen molar-refractivity contribution in [3.8, 4) is 5.69 Å². The number of hydrogen-bond acceptors (Lipinski definition) is 2. The van der Waals surface area contributed by atoms with Crippen molar-refractivity contribution in [3.05, 3.63) is 47.3 Å². The van der Waals surface area contributed by atoms with E-state index in [4.69, 9.17) is 11.6 Å². The predicted octanol–water partition coefficient (Wildman–Crippen LogP) is 3.58. The van der Waals surface area contributed by atoms with Crippen LogP contribution in [0.25, 0.3) is 11.8 Å². The molecule has 1 heterocycles. The average Bonchev–Trinajstić information content (AvgIpc) is 2.77. The van der Waals surface area contributed by atoms with Crippen molar-refractivity contribution in [2.75, 3.05) is 0 Å². The summed E-state index contributed by atoms with van der Waals surface area (Å²) in [5.74, 6) is 0. The molecule has 7 heteroatoms. The fraction of sp³-hybridized carbons (Fsp3) is 0.0909. The number of alkyl halides is 3. The van der Waals surface area contributed by atoms with E-state index in [2.05, 4.69) is 16.9 Å². The molecule has 0 aliphatic rings. The molecule has 0 aliphatic carbocycles. The van der Waals surface area contributed by atoms with E-state index >= 15 is 0 Å². The second-order valence-electron chi connectivity index (χ2n) is 3.45. The summed E-state index contributed by atoms with van der Waals surface area (Å²) in [7, 11) is 0. The molecule has 3 nitrogen and oxygen atoms in total. The lowest BCUT2D eigenvalue weighted by molar-refractivity contribution is -0.141. The Morgan fingerprint density at radius 2 is 2.06 bits per heavy atom. The summed E-state index contributed by atoms with van der Waals surface area (Å²) in [5.41, 5.74) is -0.0500. The van der Waals surface area contributed by atoms with Gasteiger partial charge < -0.3 is 0 Å². The Hall–Kier alpha value is -1.82. The highest BCUT2D eigenvalue weighted by atomic mass is 35.5. The molecular weight excluding hydrogens is 267 g/mol. The molecule has 94 valence electrons. The lowest BCUT2D eigenvalue weighted by atomic mass is 10.2. The van der Waals surface area contributed by atoms with Gasteiger partial charge in [-0.05, 0) is 18.2 Å². The number of nitrogens with zero attached hydrogens (tertiary/aromatic N) is 3. The van der Waals surface area contributed by atoms with Crippen LogP contribution in [0.2, 0.25) is 5.02 Å². The molecule has 2 rings (SSSR count). The van der Waals surface area contributed by atoms with Gasteiger partial charge in [-0.25, -0.2) is 4.68 Å². The van der Waals surface area contributed by atoms with E-state index in [0.29, 0.717) is 16.3 Å². The van der Waals surface area contributed by atoms with Crippen LogP contribution < -0.4 is 0 Å². The summed E-state index contributed by atoms with van der Waals surface area (Å²) in [4.78, 5) is 0. The van der Waals surface area contributed by atoms with Gasteiger partial charge in [-0.3, -0.25) is 0 Å². The van der Waals surface area contributed by atoms with Crippen LogP contribution in [0.5, 0.6) is 0 Å². The second kappa shape index (κ2) is 4.45. The quantitative estimate of drug-likeness (QED) is 0.837. The molecule has 0 fully saturated rings. The monoisotopic (exact) mass is 273 g/mol. The third kappa shape index (κ3) is 2.38. The van der Waals surface area contributed by atoms with E-state index in [9.17, 15) is 13.2 Å². The highest BCUT2D eigenvalue weighted by Crippen LogP contribution is 2.28. The summed E-state index contributed by atoms with van der Waals surface area (Å²) in [6, 6.07) is 4.69. The van der Waals surface area contributed by atoms with Crippen LogP contribution in [0.3, 0.4) is 0 Å². The van der Waals surface area contributed by atoms with Gasteiger partial charge >= 0.3 is 6.18 Å². The zero-order chi connectivity index (χ0) is 13.3. The molecular formula is C11H7ClF3N3. The van der Waals surface area contributed by atoms with E-state index in [0.717, 1.165) is 10.9 Å². The third-order valence-electron chi connectivity index (χ3n) is 2.24. The Bertz CT molecular complexity index is 589. The zero-order valence-electron chi connectivity index (χ0n) is 8.95. The van der Waals surface area contributed by atoms with Crippen LogP contribution in [0.1, 0.15) is 11.3 Å². The molecule has 18 heavy (non-hydrogen) atoms. The highest BCUT2D eigenvalue weighted by molar-refractivity contribution is 6.30. The maximum absolute atomic E-state index is 12.4. The van der Waals surface area contributed by atoms with E-state index < -0.39 is 11.9 Å². The van der Waals surface area contributed by atoms with E-state index in [1.807, 2.05) is 0 Å². The second-order valence-corrected chi connectivity index (χ2v) is 3.89. The van der Waals surface area contributed by atoms with E-state index in [1.54, 1.807) is 18.2 Å². The Balaban J connectivity index is 2.49. The Kier molecular flexibility index (Phi) is 3.13. The first kappa shape index (κ1) is 12.6. The van der Waals surface area contributed by atoms with Crippen molar-refractivity contribution >= 4 is 17.7 Å². The average molecular weight is 274 g/mol. The van der Waals surface area contributed by atoms with Gasteiger partial charge in [-0.15, -0.1) is 5.10 Å². The number of halogens is 4. The largest absolute Gasteiger partial charge is 0.436 e. The van der Waals surface area contributed by atoms with Crippen molar-refractivity contribution in [2.24, 2.45) is 0 Å². The summed E-state index contributed by atoms with van der Waals surface area (Å²) in [5, 5.41) is 6.99. The van der Waals surface area contributed by atoms with Gasteiger partial charge in [0.1, 0.15) is 0 Å². The molecule has 0 N–H and O–H groups in total. The molecule has 0 spiro atoms. The van der Waals surface area contributed by atoms with Gasteiger partial charge in [0, 0.05) is 10.6 Å². The summed E-state index contributed by atoms with van der Waals surface area (Å²) >= 11 is 5.79.